The zero-order valence-electron chi connectivity index (χ0n) is 13.0. The first-order valence-corrected chi connectivity index (χ1v) is 7.91. The van der Waals surface area contributed by atoms with Crippen LogP contribution in [-0.2, 0) is 0 Å². The van der Waals surface area contributed by atoms with Crippen LogP contribution in [0.15, 0.2) is 12.4 Å². The predicted octanol–water partition coefficient (Wildman–Crippen LogP) is 1.81. The summed E-state index contributed by atoms with van der Waals surface area (Å²) >= 11 is 0. The molecule has 0 spiro atoms. The number of amides is 1. The molecule has 3 rings (SSSR count). The number of carbonyl (C=O) groups is 1. The van der Waals surface area contributed by atoms with Gasteiger partial charge in [0.15, 0.2) is 0 Å². The largest absolute Gasteiger partial charge is 0.345 e. The maximum absolute atomic E-state index is 12.3. The molecule has 1 N–H and O–H groups in total. The Bertz CT molecular complexity index is 510. The summed E-state index contributed by atoms with van der Waals surface area (Å²) in [6, 6.07) is 0.704. The average molecular weight is 288 g/mol. The quantitative estimate of drug-likeness (QED) is 0.918. The Hall–Kier alpha value is -1.49. The average Bonchev–Trinajstić information content (AvgIpc) is 3.24. The van der Waals surface area contributed by atoms with E-state index in [-0.39, 0.29) is 17.8 Å². The van der Waals surface area contributed by atoms with Crippen molar-refractivity contribution >= 4 is 5.91 Å². The summed E-state index contributed by atoms with van der Waals surface area (Å²) in [5.41, 5.74) is 1.16. The molecule has 0 radical (unpaired) electrons. The van der Waals surface area contributed by atoms with Gasteiger partial charge in [-0.1, -0.05) is 6.92 Å². The highest BCUT2D eigenvalue weighted by Crippen LogP contribution is 2.39. The van der Waals surface area contributed by atoms with Crippen LogP contribution in [0.4, 0.5) is 0 Å². The molecule has 1 aromatic heterocycles. The van der Waals surface area contributed by atoms with Crippen LogP contribution < -0.4 is 5.32 Å². The van der Waals surface area contributed by atoms with E-state index in [0.717, 1.165) is 18.7 Å². The minimum absolute atomic E-state index is 0.153. The Morgan fingerprint density at radius 1 is 1.29 bits per heavy atom. The molecule has 0 aromatic carbocycles. The number of rotatable bonds is 4. The lowest BCUT2D eigenvalue weighted by molar-refractivity contribution is 0.0920. The molecule has 114 valence electrons. The van der Waals surface area contributed by atoms with Crippen LogP contribution in [0, 0.1) is 5.92 Å². The molecule has 2 heterocycles. The second-order valence-corrected chi connectivity index (χ2v) is 6.72. The maximum atomic E-state index is 12.3. The van der Waals surface area contributed by atoms with Crippen molar-refractivity contribution in [3.05, 3.63) is 23.8 Å². The smallest absolute Gasteiger partial charge is 0.289 e. The normalized spacial score (nSPS) is 26.3. The van der Waals surface area contributed by atoms with Crippen molar-refractivity contribution in [2.45, 2.75) is 51.6 Å². The Labute approximate surface area is 126 Å². The number of nitrogens with zero attached hydrogens (tertiary/aromatic N) is 3. The number of likely N-dealkylation sites (tertiary alicyclic amines) is 1. The number of nitrogens with one attached hydrogen (secondary N) is 1. The lowest BCUT2D eigenvalue weighted by Crippen LogP contribution is -2.41. The molecule has 1 saturated carbocycles. The first-order valence-electron chi connectivity index (χ1n) is 7.91. The van der Waals surface area contributed by atoms with Gasteiger partial charge in [-0.2, -0.15) is 0 Å². The standard InChI is InChI=1S/C16H24N4O/c1-10(2)20-8-11(3)14(9-20)19-16(21)15-17-6-13(7-18-15)12-4-5-12/h6-7,10-12,14H,4-5,8-9H2,1-3H3,(H,19,21)/t11-,14+/m0/s1. The summed E-state index contributed by atoms with van der Waals surface area (Å²) in [4.78, 5) is 23.1. The van der Waals surface area contributed by atoms with Crippen molar-refractivity contribution in [1.82, 2.24) is 20.2 Å². The van der Waals surface area contributed by atoms with Crippen molar-refractivity contribution in [1.29, 1.82) is 0 Å². The molecule has 1 aliphatic heterocycles. The van der Waals surface area contributed by atoms with E-state index in [0.29, 0.717) is 17.9 Å². The molecule has 0 bridgehead atoms. The van der Waals surface area contributed by atoms with Crippen LogP contribution >= 0.6 is 0 Å². The minimum Gasteiger partial charge on any atom is -0.345 e. The third kappa shape index (κ3) is 3.23. The Balaban J connectivity index is 1.60. The number of hydrogen-bond donors (Lipinski definition) is 1. The highest BCUT2D eigenvalue weighted by molar-refractivity contribution is 5.90. The summed E-state index contributed by atoms with van der Waals surface area (Å²) in [6.07, 6.45) is 6.05. The van der Waals surface area contributed by atoms with Crippen molar-refractivity contribution in [3.63, 3.8) is 0 Å². The van der Waals surface area contributed by atoms with Crippen molar-refractivity contribution in [2.75, 3.05) is 13.1 Å². The van der Waals surface area contributed by atoms with Crippen LogP contribution in [0.2, 0.25) is 0 Å². The van der Waals surface area contributed by atoms with E-state index in [2.05, 4.69) is 41.0 Å². The summed E-state index contributed by atoms with van der Waals surface area (Å²) in [5.74, 6) is 1.22. The van der Waals surface area contributed by atoms with E-state index in [1.165, 1.54) is 12.8 Å². The zero-order valence-corrected chi connectivity index (χ0v) is 13.0. The summed E-state index contributed by atoms with van der Waals surface area (Å²) < 4.78 is 0. The van der Waals surface area contributed by atoms with Gasteiger partial charge in [0.1, 0.15) is 0 Å². The van der Waals surface area contributed by atoms with Gasteiger partial charge in [0.05, 0.1) is 0 Å². The molecule has 5 nitrogen and oxygen atoms in total. The van der Waals surface area contributed by atoms with Crippen molar-refractivity contribution in [3.8, 4) is 0 Å². The highest BCUT2D eigenvalue weighted by Gasteiger charge is 2.32. The van der Waals surface area contributed by atoms with Gasteiger partial charge in [0, 0.05) is 37.6 Å². The fraction of sp³-hybridized carbons (Fsp3) is 0.688. The van der Waals surface area contributed by atoms with Gasteiger partial charge < -0.3 is 5.32 Å². The number of hydrogen-bond acceptors (Lipinski definition) is 4. The molecule has 2 fully saturated rings. The summed E-state index contributed by atoms with van der Waals surface area (Å²) in [6.45, 7) is 8.51. The van der Waals surface area contributed by atoms with Crippen molar-refractivity contribution < 1.29 is 4.79 Å². The van der Waals surface area contributed by atoms with Gasteiger partial charge in [-0.3, -0.25) is 9.69 Å². The Kier molecular flexibility index (Phi) is 3.93. The first kappa shape index (κ1) is 14.4. The molecule has 1 saturated heterocycles. The molecule has 21 heavy (non-hydrogen) atoms. The fourth-order valence-corrected chi connectivity index (χ4v) is 2.93. The molecule has 1 amide bonds. The number of carbonyl (C=O) groups excluding carboxylic acids is 1. The monoisotopic (exact) mass is 288 g/mol. The van der Waals surface area contributed by atoms with E-state index in [4.69, 9.17) is 0 Å². The van der Waals surface area contributed by atoms with Gasteiger partial charge in [-0.25, -0.2) is 9.97 Å². The molecule has 2 aliphatic rings. The van der Waals surface area contributed by atoms with Crippen LogP contribution in [0.1, 0.15) is 55.7 Å². The van der Waals surface area contributed by atoms with Crippen LogP contribution in [0.25, 0.3) is 0 Å². The second kappa shape index (κ2) is 5.72. The van der Waals surface area contributed by atoms with Gasteiger partial charge in [0.25, 0.3) is 5.91 Å². The number of aromatic nitrogens is 2. The van der Waals surface area contributed by atoms with E-state index in [9.17, 15) is 4.79 Å². The van der Waals surface area contributed by atoms with Gasteiger partial charge >= 0.3 is 0 Å². The zero-order chi connectivity index (χ0) is 15.0. The Morgan fingerprint density at radius 2 is 1.95 bits per heavy atom. The molecule has 1 aromatic rings. The summed E-state index contributed by atoms with van der Waals surface area (Å²) in [5, 5.41) is 3.09. The minimum atomic E-state index is -0.153. The lowest BCUT2D eigenvalue weighted by Gasteiger charge is -2.20. The topological polar surface area (TPSA) is 58.1 Å². The molecular weight excluding hydrogens is 264 g/mol. The molecule has 5 heteroatoms. The van der Waals surface area contributed by atoms with E-state index < -0.39 is 0 Å². The van der Waals surface area contributed by atoms with Gasteiger partial charge in [-0.05, 0) is 44.1 Å². The SMILES string of the molecule is CC(C)N1C[C@H](C)[C@H](NC(=O)c2ncc(C3CC3)cn2)C1. The van der Waals surface area contributed by atoms with E-state index >= 15 is 0 Å². The van der Waals surface area contributed by atoms with Crippen LogP contribution in [0.5, 0.6) is 0 Å². The maximum Gasteiger partial charge on any atom is 0.289 e. The van der Waals surface area contributed by atoms with Crippen LogP contribution in [0.3, 0.4) is 0 Å². The third-order valence-corrected chi connectivity index (χ3v) is 4.61. The van der Waals surface area contributed by atoms with E-state index in [1.54, 1.807) is 12.4 Å². The fourth-order valence-electron chi connectivity index (χ4n) is 2.93. The first-order chi connectivity index (χ1) is 10.0. The second-order valence-electron chi connectivity index (χ2n) is 6.72. The highest BCUT2D eigenvalue weighted by atomic mass is 16.2. The third-order valence-electron chi connectivity index (χ3n) is 4.61. The molecule has 1 aliphatic carbocycles. The summed E-state index contributed by atoms with van der Waals surface area (Å²) in [7, 11) is 0. The molecule has 0 unspecified atom stereocenters. The molecular formula is C16H24N4O. The van der Waals surface area contributed by atoms with Gasteiger partial charge in [-0.15, -0.1) is 0 Å². The molecule has 2 atom stereocenters. The van der Waals surface area contributed by atoms with Gasteiger partial charge in [0.2, 0.25) is 5.82 Å². The lowest BCUT2D eigenvalue weighted by atomic mass is 10.1. The predicted molar refractivity (Wildman–Crippen MR) is 81.1 cm³/mol. The van der Waals surface area contributed by atoms with E-state index in [1.807, 2.05) is 0 Å². The van der Waals surface area contributed by atoms with Crippen molar-refractivity contribution in [2.24, 2.45) is 5.92 Å². The van der Waals surface area contributed by atoms with Crippen LogP contribution in [-0.4, -0.2) is 45.9 Å². The Morgan fingerprint density at radius 3 is 2.48 bits per heavy atom.